The second kappa shape index (κ2) is 6.22. The number of aromatic nitrogens is 1. The number of aromatic amines is 1. The fourth-order valence-electron chi connectivity index (χ4n) is 2.73. The Morgan fingerprint density at radius 1 is 1.17 bits per heavy atom. The van der Waals surface area contributed by atoms with Crippen molar-refractivity contribution in [3.05, 3.63) is 47.0 Å². The molecule has 0 spiro atoms. The van der Waals surface area contributed by atoms with Crippen molar-refractivity contribution in [2.45, 2.75) is 25.8 Å². The van der Waals surface area contributed by atoms with Gasteiger partial charge in [-0.3, -0.25) is 4.79 Å². The maximum absolute atomic E-state index is 12.2. The summed E-state index contributed by atoms with van der Waals surface area (Å²) < 4.78 is 0. The summed E-state index contributed by atoms with van der Waals surface area (Å²) in [5.41, 5.74) is 2.93. The first-order valence-corrected chi connectivity index (χ1v) is 7.99. The number of fused-ring (bicyclic) bond motifs is 3. The summed E-state index contributed by atoms with van der Waals surface area (Å²) in [6.45, 7) is 3.57. The highest BCUT2D eigenvalue weighted by atomic mass is 35.5. The summed E-state index contributed by atoms with van der Waals surface area (Å²) >= 11 is 6.07. The molecule has 23 heavy (non-hydrogen) atoms. The highest BCUT2D eigenvalue weighted by Gasteiger charge is 2.18. The topological polar surface area (TPSA) is 65.1 Å². The Hall–Kier alpha value is -2.04. The molecule has 0 saturated carbocycles. The van der Waals surface area contributed by atoms with Crippen LogP contribution >= 0.6 is 11.6 Å². The Kier molecular flexibility index (Phi) is 4.28. The number of benzene rings is 2. The van der Waals surface area contributed by atoms with E-state index < -0.39 is 0 Å². The summed E-state index contributed by atoms with van der Waals surface area (Å²) in [7, 11) is 0. The molecule has 4 nitrogen and oxygen atoms in total. The van der Waals surface area contributed by atoms with Gasteiger partial charge in [0.2, 0.25) is 5.91 Å². The van der Waals surface area contributed by atoms with E-state index >= 15 is 0 Å². The molecule has 2 aromatic carbocycles. The van der Waals surface area contributed by atoms with E-state index in [0.29, 0.717) is 5.02 Å². The van der Waals surface area contributed by atoms with Gasteiger partial charge in [0.1, 0.15) is 0 Å². The average molecular weight is 331 g/mol. The van der Waals surface area contributed by atoms with Crippen LogP contribution in [0.3, 0.4) is 0 Å². The number of halogens is 1. The lowest BCUT2D eigenvalue weighted by Gasteiger charge is -2.16. The van der Waals surface area contributed by atoms with Crippen molar-refractivity contribution in [3.63, 3.8) is 0 Å². The van der Waals surface area contributed by atoms with Gasteiger partial charge in [-0.15, -0.1) is 0 Å². The minimum absolute atomic E-state index is 0.0692. The van der Waals surface area contributed by atoms with Crippen LogP contribution in [-0.4, -0.2) is 28.6 Å². The second-order valence-electron chi connectivity index (χ2n) is 5.93. The van der Waals surface area contributed by atoms with Crippen molar-refractivity contribution in [1.29, 1.82) is 0 Å². The van der Waals surface area contributed by atoms with Gasteiger partial charge in [-0.05, 0) is 43.7 Å². The molecule has 0 fully saturated rings. The van der Waals surface area contributed by atoms with E-state index in [1.54, 1.807) is 6.92 Å². The number of rotatable bonds is 4. The van der Waals surface area contributed by atoms with E-state index in [0.717, 1.165) is 27.4 Å². The molecular weight excluding hydrogens is 312 g/mol. The van der Waals surface area contributed by atoms with Gasteiger partial charge >= 0.3 is 0 Å². The van der Waals surface area contributed by atoms with Crippen molar-refractivity contribution in [1.82, 2.24) is 10.3 Å². The normalized spacial score (nSPS) is 14.1. The highest BCUT2D eigenvalue weighted by Crippen LogP contribution is 2.30. The molecule has 1 heterocycles. The van der Waals surface area contributed by atoms with Gasteiger partial charge in [0, 0.05) is 32.9 Å². The number of H-pyrrole nitrogens is 1. The second-order valence-corrected chi connectivity index (χ2v) is 6.37. The Labute approximate surface area is 139 Å². The molecule has 0 bridgehead atoms. The van der Waals surface area contributed by atoms with Gasteiger partial charge in [0.05, 0.1) is 12.5 Å². The Bertz CT molecular complexity index is 872. The van der Waals surface area contributed by atoms with Crippen molar-refractivity contribution >= 4 is 39.3 Å². The van der Waals surface area contributed by atoms with E-state index in [2.05, 4.69) is 10.3 Å². The zero-order valence-electron chi connectivity index (χ0n) is 13.1. The molecule has 1 amide bonds. The molecule has 5 heteroatoms. The molecule has 0 aliphatic rings. The average Bonchev–Trinajstić information content (AvgIpc) is 2.90. The lowest BCUT2D eigenvalue weighted by Crippen LogP contribution is -2.37. The number of carbonyl (C=O) groups is 1. The van der Waals surface area contributed by atoms with Gasteiger partial charge < -0.3 is 15.4 Å². The molecule has 1 aromatic heterocycles. The molecule has 0 unspecified atom stereocenters. The van der Waals surface area contributed by atoms with E-state index in [1.165, 1.54) is 0 Å². The van der Waals surface area contributed by atoms with Crippen LogP contribution < -0.4 is 5.32 Å². The Balaban J connectivity index is 1.96. The molecule has 0 saturated heterocycles. The largest absolute Gasteiger partial charge is 0.394 e. The van der Waals surface area contributed by atoms with Crippen molar-refractivity contribution in [2.75, 3.05) is 6.61 Å². The number of hydrogen-bond acceptors (Lipinski definition) is 2. The molecule has 3 N–H and O–H groups in total. The van der Waals surface area contributed by atoms with Gasteiger partial charge in [0.25, 0.3) is 0 Å². The first kappa shape index (κ1) is 15.8. The lowest BCUT2D eigenvalue weighted by molar-refractivity contribution is -0.123. The minimum Gasteiger partial charge on any atom is -0.394 e. The lowest BCUT2D eigenvalue weighted by atomic mass is 9.98. The smallest absolute Gasteiger partial charge is 0.227 e. The van der Waals surface area contributed by atoms with Crippen LogP contribution in [0.4, 0.5) is 0 Å². The predicted molar refractivity (Wildman–Crippen MR) is 93.9 cm³/mol. The first-order valence-electron chi connectivity index (χ1n) is 7.61. The van der Waals surface area contributed by atoms with E-state index in [4.69, 9.17) is 16.7 Å². The van der Waals surface area contributed by atoms with Crippen LogP contribution in [0.5, 0.6) is 0 Å². The number of amides is 1. The van der Waals surface area contributed by atoms with Crippen molar-refractivity contribution < 1.29 is 9.90 Å². The monoisotopic (exact) mass is 330 g/mol. The molecular formula is C18H19ClN2O2. The zero-order valence-corrected chi connectivity index (χ0v) is 13.8. The van der Waals surface area contributed by atoms with E-state index in [1.807, 2.05) is 43.3 Å². The summed E-state index contributed by atoms with van der Waals surface area (Å²) in [5, 5.41) is 14.7. The van der Waals surface area contributed by atoms with Crippen LogP contribution in [0.1, 0.15) is 25.3 Å². The van der Waals surface area contributed by atoms with Crippen molar-refractivity contribution in [2.24, 2.45) is 0 Å². The fourth-order valence-corrected chi connectivity index (χ4v) is 2.90. The molecule has 3 aromatic rings. The molecule has 0 aliphatic carbocycles. The third-order valence-corrected chi connectivity index (χ3v) is 4.38. The highest BCUT2D eigenvalue weighted by molar-refractivity contribution is 6.31. The van der Waals surface area contributed by atoms with Gasteiger partial charge in [-0.1, -0.05) is 23.7 Å². The van der Waals surface area contributed by atoms with Crippen molar-refractivity contribution in [3.8, 4) is 0 Å². The summed E-state index contributed by atoms with van der Waals surface area (Å²) in [6, 6.07) is 11.5. The van der Waals surface area contributed by atoms with E-state index in [9.17, 15) is 4.79 Å². The Morgan fingerprint density at radius 2 is 1.96 bits per heavy atom. The standard InChI is InChI=1S/C18H19ClN2O2/c1-10(9-22)20-18(23)11(2)12-3-5-14-15-8-13(19)4-6-16(15)21-17(14)7-12/h3-8,10-11,21-22H,9H2,1-2H3,(H,20,23)/t10-,11+/m1/s1. The minimum atomic E-state index is -0.289. The van der Waals surface area contributed by atoms with Crippen LogP contribution in [0.15, 0.2) is 36.4 Å². The quantitative estimate of drug-likeness (QED) is 0.684. The summed E-state index contributed by atoms with van der Waals surface area (Å²) in [5.74, 6) is -0.381. The maximum atomic E-state index is 12.2. The zero-order chi connectivity index (χ0) is 16.6. The third-order valence-electron chi connectivity index (χ3n) is 4.14. The number of aliphatic hydroxyl groups is 1. The summed E-state index contributed by atoms with van der Waals surface area (Å²) in [4.78, 5) is 15.6. The molecule has 0 radical (unpaired) electrons. The van der Waals surface area contributed by atoms with Crippen LogP contribution in [-0.2, 0) is 4.79 Å². The molecule has 2 atom stereocenters. The first-order chi connectivity index (χ1) is 11.0. The van der Waals surface area contributed by atoms with Crippen LogP contribution in [0.25, 0.3) is 21.8 Å². The SMILES string of the molecule is C[C@H](CO)NC(=O)[C@@H](C)c1ccc2c(c1)[nH]c1ccc(Cl)cc12. The molecule has 120 valence electrons. The number of aliphatic hydroxyl groups excluding tert-OH is 1. The van der Waals surface area contributed by atoms with Gasteiger partial charge in [0.15, 0.2) is 0 Å². The number of hydrogen-bond donors (Lipinski definition) is 3. The predicted octanol–water partition coefficient (Wildman–Crippen LogP) is 3.58. The van der Waals surface area contributed by atoms with Gasteiger partial charge in [-0.25, -0.2) is 0 Å². The van der Waals surface area contributed by atoms with Crippen LogP contribution in [0, 0.1) is 0 Å². The molecule has 0 aliphatic heterocycles. The summed E-state index contributed by atoms with van der Waals surface area (Å²) in [6.07, 6.45) is 0. The molecule has 3 rings (SSSR count). The Morgan fingerprint density at radius 3 is 2.70 bits per heavy atom. The number of carbonyl (C=O) groups excluding carboxylic acids is 1. The van der Waals surface area contributed by atoms with Crippen LogP contribution in [0.2, 0.25) is 5.02 Å². The van der Waals surface area contributed by atoms with E-state index in [-0.39, 0.29) is 24.5 Å². The fraction of sp³-hybridized carbons (Fsp3) is 0.278. The third kappa shape index (κ3) is 3.05. The van der Waals surface area contributed by atoms with Gasteiger partial charge in [-0.2, -0.15) is 0 Å². The number of nitrogens with one attached hydrogen (secondary N) is 2. The maximum Gasteiger partial charge on any atom is 0.227 e.